The predicted molar refractivity (Wildman–Crippen MR) is 129 cm³/mol. The molecule has 1 aromatic carbocycles. The second kappa shape index (κ2) is 8.96. The molecule has 5 rings (SSSR count). The van der Waals surface area contributed by atoms with Gasteiger partial charge in [-0.05, 0) is 42.2 Å². The molecule has 1 spiro atoms. The van der Waals surface area contributed by atoms with Gasteiger partial charge in [0.15, 0.2) is 0 Å². The number of piperidine rings is 1. The van der Waals surface area contributed by atoms with Crippen molar-refractivity contribution in [3.63, 3.8) is 0 Å². The van der Waals surface area contributed by atoms with E-state index in [1.54, 1.807) is 18.9 Å². The topological polar surface area (TPSA) is 90.4 Å². The molecule has 3 aliphatic rings. The summed E-state index contributed by atoms with van der Waals surface area (Å²) >= 11 is 0. The van der Waals surface area contributed by atoms with Crippen LogP contribution in [0.2, 0.25) is 0 Å². The zero-order valence-electron chi connectivity index (χ0n) is 19.6. The summed E-state index contributed by atoms with van der Waals surface area (Å²) < 4.78 is 5.39. The number of hydrazone groups is 1. The molecule has 0 radical (unpaired) electrons. The second-order valence-corrected chi connectivity index (χ2v) is 9.23. The second-order valence-electron chi connectivity index (χ2n) is 9.23. The van der Waals surface area contributed by atoms with Gasteiger partial charge in [0, 0.05) is 51.4 Å². The van der Waals surface area contributed by atoms with Crippen molar-refractivity contribution in [3.05, 3.63) is 53.7 Å². The summed E-state index contributed by atoms with van der Waals surface area (Å²) in [7, 11) is 1.64. The van der Waals surface area contributed by atoms with E-state index in [-0.39, 0.29) is 23.4 Å². The summed E-state index contributed by atoms with van der Waals surface area (Å²) in [4.78, 5) is 36.0. The minimum Gasteiger partial charge on any atom is -0.497 e. The van der Waals surface area contributed by atoms with Gasteiger partial charge in [-0.25, -0.2) is 9.78 Å². The molecule has 1 atom stereocenters. The Morgan fingerprint density at radius 1 is 1.24 bits per heavy atom. The lowest BCUT2D eigenvalue weighted by Crippen LogP contribution is -2.54. The van der Waals surface area contributed by atoms with Crippen LogP contribution in [0.3, 0.4) is 0 Å². The molecule has 9 nitrogen and oxygen atoms in total. The lowest BCUT2D eigenvalue weighted by atomic mass is 9.86. The fourth-order valence-electron chi connectivity index (χ4n) is 5.16. The van der Waals surface area contributed by atoms with E-state index >= 15 is 0 Å². The van der Waals surface area contributed by atoms with Gasteiger partial charge in [0.05, 0.1) is 19.2 Å². The first-order valence-electron chi connectivity index (χ1n) is 11.7. The van der Waals surface area contributed by atoms with Crippen LogP contribution < -0.4 is 15.1 Å². The van der Waals surface area contributed by atoms with Crippen molar-refractivity contribution < 1.29 is 14.3 Å². The van der Waals surface area contributed by atoms with E-state index in [1.807, 2.05) is 58.6 Å². The SMILES string of the molecule is COc1cccc(CN2C(=O)N(c3ccc(C4C=NNC4)cn3)CC23CCN(C(C)=O)CC3)c1. The number of urea groups is 1. The minimum atomic E-state index is -0.353. The number of anilines is 1. The van der Waals surface area contributed by atoms with E-state index in [0.717, 1.165) is 36.3 Å². The van der Waals surface area contributed by atoms with Gasteiger partial charge >= 0.3 is 6.03 Å². The number of ether oxygens (including phenoxy) is 1. The first-order valence-corrected chi connectivity index (χ1v) is 11.7. The Morgan fingerprint density at radius 3 is 2.71 bits per heavy atom. The van der Waals surface area contributed by atoms with Crippen molar-refractivity contribution in [1.82, 2.24) is 20.2 Å². The summed E-state index contributed by atoms with van der Waals surface area (Å²) in [5.74, 6) is 1.70. The van der Waals surface area contributed by atoms with E-state index < -0.39 is 0 Å². The van der Waals surface area contributed by atoms with Crippen LogP contribution >= 0.6 is 0 Å². The fourth-order valence-corrected chi connectivity index (χ4v) is 5.16. The molecule has 2 aromatic rings. The lowest BCUT2D eigenvalue weighted by Gasteiger charge is -2.43. The predicted octanol–water partition coefficient (Wildman–Crippen LogP) is 2.59. The molecular formula is C25H30N6O3. The molecule has 4 heterocycles. The molecule has 0 bridgehead atoms. The summed E-state index contributed by atoms with van der Waals surface area (Å²) in [5.41, 5.74) is 4.70. The van der Waals surface area contributed by atoms with E-state index in [4.69, 9.17) is 4.74 Å². The third-order valence-corrected chi connectivity index (χ3v) is 7.23. The number of hydrogen-bond donors (Lipinski definition) is 1. The Bertz CT molecular complexity index is 1090. The van der Waals surface area contributed by atoms with Gasteiger partial charge in [0.25, 0.3) is 0 Å². The fraction of sp³-hybridized carbons (Fsp3) is 0.440. The Morgan fingerprint density at radius 2 is 2.06 bits per heavy atom. The summed E-state index contributed by atoms with van der Waals surface area (Å²) in [5, 5.41) is 4.08. The monoisotopic (exact) mass is 462 g/mol. The van der Waals surface area contributed by atoms with Gasteiger partial charge in [-0.1, -0.05) is 18.2 Å². The van der Waals surface area contributed by atoms with Crippen LogP contribution in [0.4, 0.5) is 10.6 Å². The molecular weight excluding hydrogens is 432 g/mol. The van der Waals surface area contributed by atoms with E-state index in [9.17, 15) is 9.59 Å². The van der Waals surface area contributed by atoms with Gasteiger partial charge in [-0.15, -0.1) is 0 Å². The van der Waals surface area contributed by atoms with Crippen molar-refractivity contribution in [2.45, 2.75) is 37.8 Å². The maximum Gasteiger partial charge on any atom is 0.326 e. The summed E-state index contributed by atoms with van der Waals surface area (Å²) in [6.45, 7) is 4.69. The van der Waals surface area contributed by atoms with Gasteiger partial charge in [-0.2, -0.15) is 5.10 Å². The Labute approximate surface area is 199 Å². The van der Waals surface area contributed by atoms with Gasteiger partial charge in [0.2, 0.25) is 5.91 Å². The highest BCUT2D eigenvalue weighted by molar-refractivity contribution is 5.94. The largest absolute Gasteiger partial charge is 0.497 e. The van der Waals surface area contributed by atoms with Crippen molar-refractivity contribution in [3.8, 4) is 5.75 Å². The number of aromatic nitrogens is 1. The number of carbonyl (C=O) groups is 2. The van der Waals surface area contributed by atoms with Crippen LogP contribution in [0, 0.1) is 0 Å². The van der Waals surface area contributed by atoms with E-state index in [2.05, 4.69) is 15.5 Å². The third kappa shape index (κ3) is 4.06. The highest BCUT2D eigenvalue weighted by Gasteiger charge is 2.51. The summed E-state index contributed by atoms with van der Waals surface area (Å²) in [6, 6.07) is 11.7. The van der Waals surface area contributed by atoms with Crippen LogP contribution in [0.1, 0.15) is 36.8 Å². The first kappa shape index (κ1) is 22.2. The zero-order valence-corrected chi connectivity index (χ0v) is 19.6. The highest BCUT2D eigenvalue weighted by atomic mass is 16.5. The zero-order chi connectivity index (χ0) is 23.7. The lowest BCUT2D eigenvalue weighted by molar-refractivity contribution is -0.131. The van der Waals surface area contributed by atoms with Gasteiger partial charge in [0.1, 0.15) is 11.6 Å². The summed E-state index contributed by atoms with van der Waals surface area (Å²) in [6.07, 6.45) is 5.19. The number of hydrogen-bond acceptors (Lipinski definition) is 6. The van der Waals surface area contributed by atoms with Crippen LogP contribution in [-0.2, 0) is 11.3 Å². The number of likely N-dealkylation sites (tertiary alicyclic amines) is 1. The molecule has 34 heavy (non-hydrogen) atoms. The number of nitrogens with zero attached hydrogens (tertiary/aromatic N) is 5. The number of rotatable bonds is 5. The van der Waals surface area contributed by atoms with E-state index in [0.29, 0.717) is 32.0 Å². The molecule has 2 saturated heterocycles. The maximum absolute atomic E-state index is 13.8. The molecule has 2 fully saturated rings. The molecule has 3 aliphatic heterocycles. The first-order chi connectivity index (χ1) is 16.5. The number of pyridine rings is 1. The average molecular weight is 463 g/mol. The average Bonchev–Trinajstić information content (AvgIpc) is 3.49. The molecule has 3 amide bonds. The maximum atomic E-state index is 13.8. The van der Waals surface area contributed by atoms with Crippen LogP contribution in [-0.4, -0.2) is 71.8 Å². The van der Waals surface area contributed by atoms with Crippen LogP contribution in [0.25, 0.3) is 0 Å². The van der Waals surface area contributed by atoms with Gasteiger partial charge in [-0.3, -0.25) is 9.69 Å². The van der Waals surface area contributed by atoms with Crippen LogP contribution in [0.5, 0.6) is 5.75 Å². The quantitative estimate of drug-likeness (QED) is 0.738. The number of amides is 3. The van der Waals surface area contributed by atoms with Crippen molar-refractivity contribution >= 4 is 24.0 Å². The molecule has 0 saturated carbocycles. The Hall–Kier alpha value is -3.62. The Kier molecular flexibility index (Phi) is 5.85. The molecule has 0 aliphatic carbocycles. The van der Waals surface area contributed by atoms with Crippen molar-refractivity contribution in [1.29, 1.82) is 0 Å². The molecule has 1 N–H and O–H groups in total. The minimum absolute atomic E-state index is 0.0524. The Balaban J connectivity index is 1.42. The van der Waals surface area contributed by atoms with Gasteiger partial charge < -0.3 is 20.0 Å². The van der Waals surface area contributed by atoms with Crippen molar-refractivity contribution in [2.24, 2.45) is 5.10 Å². The smallest absolute Gasteiger partial charge is 0.326 e. The normalized spacial score (nSPS) is 21.3. The number of nitrogens with one attached hydrogen (secondary N) is 1. The highest BCUT2D eigenvalue weighted by Crippen LogP contribution is 2.39. The van der Waals surface area contributed by atoms with E-state index in [1.165, 1.54) is 0 Å². The number of benzene rings is 1. The molecule has 1 unspecified atom stereocenters. The van der Waals surface area contributed by atoms with Crippen LogP contribution in [0.15, 0.2) is 47.7 Å². The molecule has 9 heteroatoms. The standard InChI is InChI=1S/C25H30N6O3/c1-18(32)29-10-8-25(9-11-29)17-30(23-7-6-20(13-26-23)21-14-27-28-15-21)24(33)31(25)16-19-4-3-5-22(12-19)34-2/h3-7,12-14,21,28H,8-11,15-17H2,1-2H3. The number of methoxy groups -OCH3 is 1. The molecule has 178 valence electrons. The third-order valence-electron chi connectivity index (χ3n) is 7.23. The van der Waals surface area contributed by atoms with Crippen molar-refractivity contribution in [2.75, 3.05) is 38.2 Å². The molecule has 1 aromatic heterocycles. The number of carbonyl (C=O) groups excluding carboxylic acids is 2.